The van der Waals surface area contributed by atoms with E-state index in [0.29, 0.717) is 5.75 Å². The van der Waals surface area contributed by atoms with Crippen molar-refractivity contribution in [2.45, 2.75) is 13.8 Å². The van der Waals surface area contributed by atoms with Gasteiger partial charge in [0.25, 0.3) is 0 Å². The summed E-state index contributed by atoms with van der Waals surface area (Å²) in [5, 5.41) is 17.9. The third kappa shape index (κ3) is 2.50. The Hall–Kier alpha value is -2.16. The van der Waals surface area contributed by atoms with Crippen molar-refractivity contribution < 1.29 is 5.11 Å². The molecule has 3 nitrogen and oxygen atoms in total. The summed E-state index contributed by atoms with van der Waals surface area (Å²) in [7, 11) is 0. The largest absolute Gasteiger partial charge is 0.508 e. The summed E-state index contributed by atoms with van der Waals surface area (Å²) in [4.78, 5) is 0. The summed E-state index contributed by atoms with van der Waals surface area (Å²) < 4.78 is 0. The molecule has 0 atom stereocenters. The van der Waals surface area contributed by atoms with Crippen LogP contribution in [0.3, 0.4) is 0 Å². The molecule has 2 aromatic rings. The van der Waals surface area contributed by atoms with Gasteiger partial charge in [-0.15, -0.1) is 0 Å². The van der Waals surface area contributed by atoms with Gasteiger partial charge in [0.1, 0.15) is 5.75 Å². The van der Waals surface area contributed by atoms with E-state index < -0.39 is 0 Å². The summed E-state index contributed by atoms with van der Waals surface area (Å²) in [6.07, 6.45) is 0. The van der Waals surface area contributed by atoms with Gasteiger partial charge in [0.15, 0.2) is 0 Å². The number of rotatable bonds is 2. The number of phenolic OH excluding ortho intramolecular Hbond substituents is 1. The molecule has 0 bridgehead atoms. The molecule has 0 saturated heterocycles. The predicted octanol–water partition coefficient (Wildman–Crippen LogP) is 4.42. The van der Waals surface area contributed by atoms with Crippen LogP contribution < -0.4 is 0 Å². The Morgan fingerprint density at radius 3 is 2.24 bits per heavy atom. The molecule has 0 spiro atoms. The first-order valence-corrected chi connectivity index (χ1v) is 5.44. The van der Waals surface area contributed by atoms with E-state index >= 15 is 0 Å². The molecule has 0 aliphatic heterocycles. The minimum Gasteiger partial charge on any atom is -0.508 e. The van der Waals surface area contributed by atoms with Crippen LogP contribution in [0, 0.1) is 13.8 Å². The Bertz CT molecular complexity index is 548. The lowest BCUT2D eigenvalue weighted by Gasteiger charge is -2.05. The molecule has 3 heteroatoms. The molecular formula is C14H14N2O. The van der Waals surface area contributed by atoms with Crippen LogP contribution in [0.1, 0.15) is 11.1 Å². The van der Waals surface area contributed by atoms with Gasteiger partial charge >= 0.3 is 0 Å². The number of nitrogens with zero attached hydrogens (tertiary/aromatic N) is 2. The Kier molecular flexibility index (Phi) is 3.19. The first kappa shape index (κ1) is 11.3. The fourth-order valence-corrected chi connectivity index (χ4v) is 1.51. The van der Waals surface area contributed by atoms with E-state index in [1.54, 1.807) is 12.1 Å². The Morgan fingerprint density at radius 1 is 0.824 bits per heavy atom. The van der Waals surface area contributed by atoms with Gasteiger partial charge in [0.2, 0.25) is 0 Å². The van der Waals surface area contributed by atoms with E-state index in [4.69, 9.17) is 0 Å². The number of azo groups is 1. The summed E-state index contributed by atoms with van der Waals surface area (Å²) in [6, 6.07) is 13.0. The Labute approximate surface area is 100 Å². The van der Waals surface area contributed by atoms with Crippen molar-refractivity contribution in [3.05, 3.63) is 53.6 Å². The van der Waals surface area contributed by atoms with Gasteiger partial charge in [-0.05, 0) is 49.2 Å². The van der Waals surface area contributed by atoms with Gasteiger partial charge in [-0.25, -0.2) is 0 Å². The normalized spacial score (nSPS) is 10.9. The summed E-state index contributed by atoms with van der Waals surface area (Å²) in [5.41, 5.74) is 3.39. The first-order valence-electron chi connectivity index (χ1n) is 5.44. The van der Waals surface area contributed by atoms with Crippen LogP contribution in [-0.2, 0) is 0 Å². The zero-order chi connectivity index (χ0) is 12.3. The molecule has 0 aliphatic rings. The zero-order valence-corrected chi connectivity index (χ0v) is 9.88. The topological polar surface area (TPSA) is 45.0 Å². The van der Waals surface area contributed by atoms with Crippen LogP contribution in [0.4, 0.5) is 11.4 Å². The van der Waals surface area contributed by atoms with Crippen LogP contribution in [0.2, 0.25) is 0 Å². The second-order valence-corrected chi connectivity index (χ2v) is 3.89. The van der Waals surface area contributed by atoms with Crippen LogP contribution >= 0.6 is 0 Å². The lowest BCUT2D eigenvalue weighted by molar-refractivity contribution is 0.470. The van der Waals surface area contributed by atoms with E-state index in [1.165, 1.54) is 0 Å². The Morgan fingerprint density at radius 2 is 1.53 bits per heavy atom. The van der Waals surface area contributed by atoms with Gasteiger partial charge in [-0.2, -0.15) is 10.2 Å². The fourth-order valence-electron chi connectivity index (χ4n) is 1.51. The number of aromatic hydroxyl groups is 1. The van der Waals surface area contributed by atoms with Gasteiger partial charge in [0, 0.05) is 0 Å². The van der Waals surface area contributed by atoms with Crippen molar-refractivity contribution >= 4 is 11.4 Å². The number of hydrogen-bond donors (Lipinski definition) is 1. The highest BCUT2D eigenvalue weighted by atomic mass is 16.3. The summed E-state index contributed by atoms with van der Waals surface area (Å²) in [5.74, 6) is 0.293. The average molecular weight is 226 g/mol. The third-order valence-corrected chi connectivity index (χ3v) is 2.76. The lowest BCUT2D eigenvalue weighted by atomic mass is 10.1. The van der Waals surface area contributed by atoms with Crippen LogP contribution in [0.5, 0.6) is 5.75 Å². The zero-order valence-electron chi connectivity index (χ0n) is 9.88. The molecule has 0 aliphatic carbocycles. The van der Waals surface area contributed by atoms with Crippen molar-refractivity contribution in [1.82, 2.24) is 0 Å². The quantitative estimate of drug-likeness (QED) is 0.756. The van der Waals surface area contributed by atoms with Crippen molar-refractivity contribution in [3.8, 4) is 5.75 Å². The maximum Gasteiger partial charge on any atom is 0.118 e. The molecule has 1 N–H and O–H groups in total. The second kappa shape index (κ2) is 4.78. The highest BCUT2D eigenvalue weighted by Gasteiger charge is 2.04. The standard InChI is InChI=1S/C14H14N2O/c1-10-11(2)14(17)9-8-13(10)16-15-12-6-4-3-5-7-12/h3-9,17H,1-2H3. The van der Waals surface area contributed by atoms with E-state index in [-0.39, 0.29) is 0 Å². The molecule has 0 amide bonds. The average Bonchev–Trinajstić information content (AvgIpc) is 2.36. The molecular weight excluding hydrogens is 212 g/mol. The second-order valence-electron chi connectivity index (χ2n) is 3.89. The smallest absolute Gasteiger partial charge is 0.118 e. The van der Waals surface area contributed by atoms with E-state index in [2.05, 4.69) is 10.2 Å². The summed E-state index contributed by atoms with van der Waals surface area (Å²) >= 11 is 0. The minimum atomic E-state index is 0.293. The van der Waals surface area contributed by atoms with Crippen molar-refractivity contribution in [2.24, 2.45) is 10.2 Å². The molecule has 0 unspecified atom stereocenters. The van der Waals surface area contributed by atoms with Gasteiger partial charge < -0.3 is 5.11 Å². The van der Waals surface area contributed by atoms with E-state index in [9.17, 15) is 5.11 Å². The molecule has 0 fully saturated rings. The van der Waals surface area contributed by atoms with Crippen molar-refractivity contribution in [3.63, 3.8) is 0 Å². The van der Waals surface area contributed by atoms with Crippen LogP contribution in [0.25, 0.3) is 0 Å². The monoisotopic (exact) mass is 226 g/mol. The number of phenols is 1. The van der Waals surface area contributed by atoms with Gasteiger partial charge in [-0.1, -0.05) is 18.2 Å². The highest BCUT2D eigenvalue weighted by Crippen LogP contribution is 2.29. The number of hydrogen-bond acceptors (Lipinski definition) is 3. The SMILES string of the molecule is Cc1c(O)ccc(N=Nc2ccccc2)c1C. The van der Waals surface area contributed by atoms with Gasteiger partial charge in [-0.3, -0.25) is 0 Å². The third-order valence-electron chi connectivity index (χ3n) is 2.76. The Balaban J connectivity index is 2.31. The first-order chi connectivity index (χ1) is 8.18. The number of benzene rings is 2. The highest BCUT2D eigenvalue weighted by molar-refractivity contribution is 5.54. The fraction of sp³-hybridized carbons (Fsp3) is 0.143. The molecule has 17 heavy (non-hydrogen) atoms. The molecule has 0 aromatic heterocycles. The maximum absolute atomic E-state index is 9.54. The van der Waals surface area contributed by atoms with Crippen molar-refractivity contribution in [1.29, 1.82) is 0 Å². The van der Waals surface area contributed by atoms with E-state index in [1.807, 2.05) is 44.2 Å². The molecule has 0 radical (unpaired) electrons. The maximum atomic E-state index is 9.54. The van der Waals surface area contributed by atoms with E-state index in [0.717, 1.165) is 22.5 Å². The lowest BCUT2D eigenvalue weighted by Crippen LogP contribution is -1.81. The molecule has 0 heterocycles. The van der Waals surface area contributed by atoms with Crippen LogP contribution in [-0.4, -0.2) is 5.11 Å². The van der Waals surface area contributed by atoms with Gasteiger partial charge in [0.05, 0.1) is 11.4 Å². The molecule has 86 valence electrons. The minimum absolute atomic E-state index is 0.293. The van der Waals surface area contributed by atoms with Crippen LogP contribution in [0.15, 0.2) is 52.7 Å². The predicted molar refractivity (Wildman–Crippen MR) is 68.2 cm³/mol. The molecule has 0 saturated carbocycles. The molecule has 2 aromatic carbocycles. The summed E-state index contributed by atoms with van der Waals surface area (Å²) in [6.45, 7) is 3.79. The molecule has 2 rings (SSSR count). The van der Waals surface area contributed by atoms with Crippen molar-refractivity contribution in [2.75, 3.05) is 0 Å².